The summed E-state index contributed by atoms with van der Waals surface area (Å²) in [4.78, 5) is 8.53. The summed E-state index contributed by atoms with van der Waals surface area (Å²) in [5.41, 5.74) is 3.27. The Kier molecular flexibility index (Phi) is 2.21. The second-order valence-electron chi connectivity index (χ2n) is 3.18. The largest absolute Gasteiger partial charge is 0.284 e. The Morgan fingerprint density at radius 1 is 1.38 bits per heavy atom. The molecule has 0 radical (unpaired) electrons. The fraction of sp³-hybridized carbons (Fsp3) is 0.273. The van der Waals surface area contributed by atoms with Crippen molar-refractivity contribution in [3.8, 4) is 0 Å². The molecule has 0 unspecified atom stereocenters. The molecule has 0 saturated carbocycles. The average molecular weight is 172 g/mol. The van der Waals surface area contributed by atoms with E-state index in [1.54, 1.807) is 6.20 Å². The van der Waals surface area contributed by atoms with Gasteiger partial charge in [-0.3, -0.25) is 9.98 Å². The number of aliphatic imine (C=N–C) groups is 1. The molecule has 2 heteroatoms. The van der Waals surface area contributed by atoms with E-state index in [9.17, 15) is 0 Å². The second kappa shape index (κ2) is 3.52. The third kappa shape index (κ3) is 1.66. The summed E-state index contributed by atoms with van der Waals surface area (Å²) in [7, 11) is 0. The van der Waals surface area contributed by atoms with Gasteiger partial charge in [-0.15, -0.1) is 0 Å². The van der Waals surface area contributed by atoms with Crippen molar-refractivity contribution in [3.63, 3.8) is 0 Å². The van der Waals surface area contributed by atoms with Gasteiger partial charge in [0.25, 0.3) is 0 Å². The van der Waals surface area contributed by atoms with Crippen molar-refractivity contribution < 1.29 is 0 Å². The minimum atomic E-state index is 0.920. The molecule has 13 heavy (non-hydrogen) atoms. The standard InChI is InChI=1S/C11H12N2/c1-9-4-2-7-13-11(9)10-5-3-6-12-8-10/h3,5-6,8H,1-2,4,7H2. The highest BCUT2D eigenvalue weighted by Crippen LogP contribution is 2.16. The predicted octanol–water partition coefficient (Wildman–Crippen LogP) is 2.22. The van der Waals surface area contributed by atoms with E-state index in [0.717, 1.165) is 36.2 Å². The van der Waals surface area contributed by atoms with Crippen molar-refractivity contribution >= 4 is 5.71 Å². The molecule has 0 atom stereocenters. The highest BCUT2D eigenvalue weighted by atomic mass is 14.8. The highest BCUT2D eigenvalue weighted by Gasteiger charge is 2.11. The zero-order valence-electron chi connectivity index (χ0n) is 7.53. The SMILES string of the molecule is C=C1CCCN=C1c1cccnc1. The molecule has 2 heterocycles. The third-order valence-corrected chi connectivity index (χ3v) is 2.18. The summed E-state index contributed by atoms with van der Waals surface area (Å²) in [6.07, 6.45) is 5.81. The van der Waals surface area contributed by atoms with Gasteiger partial charge in [-0.25, -0.2) is 0 Å². The van der Waals surface area contributed by atoms with Crippen LogP contribution in [0.15, 0.2) is 41.7 Å². The van der Waals surface area contributed by atoms with Gasteiger partial charge in [0.1, 0.15) is 0 Å². The number of aromatic nitrogens is 1. The summed E-state index contributed by atoms with van der Waals surface area (Å²) < 4.78 is 0. The smallest absolute Gasteiger partial charge is 0.0688 e. The highest BCUT2D eigenvalue weighted by molar-refractivity contribution is 6.12. The van der Waals surface area contributed by atoms with Gasteiger partial charge in [0.2, 0.25) is 0 Å². The van der Waals surface area contributed by atoms with Crippen LogP contribution in [0.2, 0.25) is 0 Å². The Morgan fingerprint density at radius 2 is 2.31 bits per heavy atom. The molecule has 0 saturated heterocycles. The fourth-order valence-corrected chi connectivity index (χ4v) is 1.51. The summed E-state index contributed by atoms with van der Waals surface area (Å²) in [5.74, 6) is 0. The van der Waals surface area contributed by atoms with Crippen LogP contribution in [0.3, 0.4) is 0 Å². The molecule has 66 valence electrons. The maximum Gasteiger partial charge on any atom is 0.0688 e. The minimum Gasteiger partial charge on any atom is -0.284 e. The van der Waals surface area contributed by atoms with E-state index in [4.69, 9.17) is 0 Å². The van der Waals surface area contributed by atoms with Crippen LogP contribution in [0.4, 0.5) is 0 Å². The third-order valence-electron chi connectivity index (χ3n) is 2.18. The van der Waals surface area contributed by atoms with E-state index >= 15 is 0 Å². The van der Waals surface area contributed by atoms with Gasteiger partial charge in [0, 0.05) is 24.5 Å². The quantitative estimate of drug-likeness (QED) is 0.637. The molecule has 0 aromatic carbocycles. The molecular formula is C11H12N2. The van der Waals surface area contributed by atoms with Crippen molar-refractivity contribution in [2.75, 3.05) is 6.54 Å². The first kappa shape index (κ1) is 8.17. The van der Waals surface area contributed by atoms with E-state index in [-0.39, 0.29) is 0 Å². The van der Waals surface area contributed by atoms with Crippen molar-refractivity contribution in [3.05, 3.63) is 42.2 Å². The van der Waals surface area contributed by atoms with Crippen LogP contribution in [-0.2, 0) is 0 Å². The van der Waals surface area contributed by atoms with E-state index in [1.807, 2.05) is 18.3 Å². The molecule has 0 N–H and O–H groups in total. The lowest BCUT2D eigenvalue weighted by Crippen LogP contribution is -2.10. The lowest BCUT2D eigenvalue weighted by Gasteiger charge is -2.14. The second-order valence-corrected chi connectivity index (χ2v) is 3.18. The minimum absolute atomic E-state index is 0.920. The van der Waals surface area contributed by atoms with Crippen LogP contribution in [0.5, 0.6) is 0 Å². The normalized spacial score (nSPS) is 16.9. The molecule has 0 amide bonds. The van der Waals surface area contributed by atoms with Crippen LogP contribution in [0.25, 0.3) is 0 Å². The van der Waals surface area contributed by atoms with Crippen LogP contribution in [-0.4, -0.2) is 17.2 Å². The van der Waals surface area contributed by atoms with Gasteiger partial charge in [0.05, 0.1) is 5.71 Å². The van der Waals surface area contributed by atoms with Crippen LogP contribution in [0, 0.1) is 0 Å². The lowest BCUT2D eigenvalue weighted by molar-refractivity contribution is 0.817. The maximum absolute atomic E-state index is 4.46. The molecule has 1 aliphatic heterocycles. The first-order valence-corrected chi connectivity index (χ1v) is 4.51. The van der Waals surface area contributed by atoms with E-state index in [1.165, 1.54) is 0 Å². The summed E-state index contributed by atoms with van der Waals surface area (Å²) in [6, 6.07) is 3.96. The monoisotopic (exact) mass is 172 g/mol. The maximum atomic E-state index is 4.46. The van der Waals surface area contributed by atoms with Crippen molar-refractivity contribution in [2.45, 2.75) is 12.8 Å². The van der Waals surface area contributed by atoms with E-state index in [0.29, 0.717) is 0 Å². The van der Waals surface area contributed by atoms with Gasteiger partial charge in [0.15, 0.2) is 0 Å². The first-order chi connectivity index (χ1) is 6.38. The molecule has 0 spiro atoms. The topological polar surface area (TPSA) is 25.2 Å². The summed E-state index contributed by atoms with van der Waals surface area (Å²) in [6.45, 7) is 4.93. The van der Waals surface area contributed by atoms with Gasteiger partial charge in [-0.1, -0.05) is 6.58 Å². The van der Waals surface area contributed by atoms with Crippen molar-refractivity contribution in [2.24, 2.45) is 4.99 Å². The zero-order chi connectivity index (χ0) is 9.10. The number of hydrogen-bond acceptors (Lipinski definition) is 2. The summed E-state index contributed by atoms with van der Waals surface area (Å²) >= 11 is 0. The Labute approximate surface area is 78.0 Å². The van der Waals surface area contributed by atoms with Gasteiger partial charge in [-0.2, -0.15) is 0 Å². The van der Waals surface area contributed by atoms with Crippen LogP contribution < -0.4 is 0 Å². The number of pyridine rings is 1. The van der Waals surface area contributed by atoms with Gasteiger partial charge in [-0.05, 0) is 30.5 Å². The van der Waals surface area contributed by atoms with Crippen molar-refractivity contribution in [1.82, 2.24) is 4.98 Å². The Balaban J connectivity index is 2.35. The molecule has 2 nitrogen and oxygen atoms in total. The average Bonchev–Trinajstić information content (AvgIpc) is 2.20. The van der Waals surface area contributed by atoms with E-state index < -0.39 is 0 Å². The Hall–Kier alpha value is -1.44. The Bertz CT molecular complexity index is 338. The molecule has 1 aromatic heterocycles. The first-order valence-electron chi connectivity index (χ1n) is 4.51. The molecule has 2 rings (SSSR count). The lowest BCUT2D eigenvalue weighted by atomic mass is 9.99. The predicted molar refractivity (Wildman–Crippen MR) is 54.0 cm³/mol. The molecule has 1 aliphatic rings. The number of nitrogens with zero attached hydrogens (tertiary/aromatic N) is 2. The zero-order valence-corrected chi connectivity index (χ0v) is 7.53. The molecule has 0 fully saturated rings. The number of allylic oxidation sites excluding steroid dienone is 1. The summed E-state index contributed by atoms with van der Waals surface area (Å²) in [5, 5.41) is 0. The molecule has 0 bridgehead atoms. The van der Waals surface area contributed by atoms with Gasteiger partial charge < -0.3 is 0 Å². The fourth-order valence-electron chi connectivity index (χ4n) is 1.51. The number of rotatable bonds is 1. The van der Waals surface area contributed by atoms with Crippen molar-refractivity contribution in [1.29, 1.82) is 0 Å². The molecule has 0 aliphatic carbocycles. The Morgan fingerprint density at radius 3 is 3.00 bits per heavy atom. The number of hydrogen-bond donors (Lipinski definition) is 0. The van der Waals surface area contributed by atoms with E-state index in [2.05, 4.69) is 16.6 Å². The van der Waals surface area contributed by atoms with Gasteiger partial charge >= 0.3 is 0 Å². The molecular weight excluding hydrogens is 160 g/mol. The molecule has 1 aromatic rings. The van der Waals surface area contributed by atoms with Crippen LogP contribution >= 0.6 is 0 Å². The van der Waals surface area contributed by atoms with Crippen LogP contribution in [0.1, 0.15) is 18.4 Å².